The average molecular weight is 479 g/mol. The molecule has 2 N–H and O–H groups in total. The van der Waals surface area contributed by atoms with Crippen molar-refractivity contribution in [1.29, 1.82) is 0 Å². The summed E-state index contributed by atoms with van der Waals surface area (Å²) in [7, 11) is 0. The van der Waals surface area contributed by atoms with Gasteiger partial charge in [-0.1, -0.05) is 59.8 Å². The molecule has 0 aliphatic rings. The van der Waals surface area contributed by atoms with E-state index >= 15 is 0 Å². The molecule has 0 aliphatic carbocycles. The van der Waals surface area contributed by atoms with Gasteiger partial charge in [0.2, 0.25) is 0 Å². The van der Waals surface area contributed by atoms with Crippen LogP contribution < -0.4 is 5.73 Å². The number of halogens is 1. The van der Waals surface area contributed by atoms with Crippen LogP contribution in [0.25, 0.3) is 21.7 Å². The number of aryl methyl sites for hydroxylation is 1. The summed E-state index contributed by atoms with van der Waals surface area (Å²) in [6.07, 6.45) is 5.80. The predicted octanol–water partition coefficient (Wildman–Crippen LogP) is 6.27. The van der Waals surface area contributed by atoms with Crippen LogP contribution in [0.3, 0.4) is 0 Å². The molecular formula is C29H23ClN4O. The van der Waals surface area contributed by atoms with Crippen LogP contribution in [0.4, 0.5) is 5.82 Å². The number of anilines is 1. The number of fused-ring (bicyclic) bond motifs is 2. The molecule has 3 aromatic carbocycles. The minimum absolute atomic E-state index is 0.131. The van der Waals surface area contributed by atoms with Gasteiger partial charge in [-0.25, -0.2) is 4.98 Å². The number of pyridine rings is 1. The maximum absolute atomic E-state index is 12.6. The lowest BCUT2D eigenvalue weighted by Crippen LogP contribution is -2.03. The van der Waals surface area contributed by atoms with Crippen molar-refractivity contribution in [1.82, 2.24) is 14.8 Å². The third-order valence-electron chi connectivity index (χ3n) is 6.00. The van der Waals surface area contributed by atoms with Crippen LogP contribution in [-0.4, -0.2) is 20.5 Å². The number of aromatic nitrogens is 3. The summed E-state index contributed by atoms with van der Waals surface area (Å²) < 4.78 is 2.00. The zero-order valence-corrected chi connectivity index (χ0v) is 19.8. The van der Waals surface area contributed by atoms with Crippen LogP contribution in [0.2, 0.25) is 5.02 Å². The molecule has 0 saturated carbocycles. The second-order valence-electron chi connectivity index (χ2n) is 8.38. The Balaban J connectivity index is 1.21. The largest absolute Gasteiger partial charge is 0.383 e. The number of nitrogens with two attached hydrogens (primary N) is 1. The molecule has 0 unspecified atom stereocenters. The topological polar surface area (TPSA) is 73.8 Å². The molecule has 5 nitrogen and oxygen atoms in total. The highest BCUT2D eigenvalue weighted by Crippen LogP contribution is 2.25. The number of nitrogens with zero attached hydrogens (tertiary/aromatic N) is 3. The molecule has 5 aromatic rings. The fraction of sp³-hybridized carbons (Fsp3) is 0.138. The van der Waals surface area contributed by atoms with Gasteiger partial charge in [0.1, 0.15) is 5.82 Å². The first-order valence-corrected chi connectivity index (χ1v) is 11.9. The normalized spacial score (nSPS) is 10.9. The first-order valence-electron chi connectivity index (χ1n) is 11.5. The monoisotopic (exact) mass is 478 g/mol. The van der Waals surface area contributed by atoms with Crippen molar-refractivity contribution in [2.45, 2.75) is 25.8 Å². The van der Waals surface area contributed by atoms with Gasteiger partial charge in [0.25, 0.3) is 0 Å². The number of benzene rings is 3. The fourth-order valence-electron chi connectivity index (χ4n) is 4.10. The van der Waals surface area contributed by atoms with E-state index in [1.54, 1.807) is 6.20 Å². The van der Waals surface area contributed by atoms with Crippen LogP contribution in [0.5, 0.6) is 0 Å². The first kappa shape index (κ1) is 22.6. The lowest BCUT2D eigenvalue weighted by Gasteiger charge is -2.05. The van der Waals surface area contributed by atoms with E-state index in [0.717, 1.165) is 46.6 Å². The van der Waals surface area contributed by atoms with Crippen LogP contribution in [0.15, 0.2) is 79.1 Å². The van der Waals surface area contributed by atoms with Gasteiger partial charge < -0.3 is 5.73 Å². The first-order chi connectivity index (χ1) is 17.1. The Hall–Kier alpha value is -4.14. The van der Waals surface area contributed by atoms with E-state index in [1.807, 2.05) is 65.5 Å². The van der Waals surface area contributed by atoms with E-state index in [-0.39, 0.29) is 5.78 Å². The van der Waals surface area contributed by atoms with Gasteiger partial charge in [0.15, 0.2) is 5.78 Å². The molecular weight excluding hydrogens is 456 g/mol. The number of Topliss-reactive ketones (excluding diaryl/α,β-unsaturated/α-hetero) is 1. The van der Waals surface area contributed by atoms with Gasteiger partial charge in [-0.05, 0) is 43.2 Å². The zero-order valence-electron chi connectivity index (χ0n) is 19.0. The minimum Gasteiger partial charge on any atom is -0.383 e. The second-order valence-corrected chi connectivity index (χ2v) is 8.82. The van der Waals surface area contributed by atoms with Crippen molar-refractivity contribution in [2.24, 2.45) is 0 Å². The Labute approximate surface area is 208 Å². The summed E-state index contributed by atoms with van der Waals surface area (Å²) in [6, 6.07) is 21.1. The molecule has 35 heavy (non-hydrogen) atoms. The third kappa shape index (κ3) is 5.03. The fourth-order valence-corrected chi connectivity index (χ4v) is 4.27. The molecule has 0 fully saturated rings. The quantitative estimate of drug-likeness (QED) is 0.177. The summed E-state index contributed by atoms with van der Waals surface area (Å²) in [5, 5.41) is 7.99. The van der Waals surface area contributed by atoms with Crippen molar-refractivity contribution in [3.63, 3.8) is 0 Å². The van der Waals surface area contributed by atoms with Crippen LogP contribution in [-0.2, 0) is 6.54 Å². The number of rotatable bonds is 6. The van der Waals surface area contributed by atoms with E-state index in [1.165, 1.54) is 0 Å². The van der Waals surface area contributed by atoms with Gasteiger partial charge in [-0.2, -0.15) is 5.10 Å². The number of carbonyl (C=O) groups excluding carboxylic acids is 1. The van der Waals surface area contributed by atoms with Crippen molar-refractivity contribution >= 4 is 44.9 Å². The molecule has 0 atom stereocenters. The van der Waals surface area contributed by atoms with Crippen LogP contribution in [0, 0.1) is 11.8 Å². The number of hydrogen-bond acceptors (Lipinski definition) is 4. The lowest BCUT2D eigenvalue weighted by atomic mass is 10.0. The summed E-state index contributed by atoms with van der Waals surface area (Å²) >= 11 is 6.16. The summed E-state index contributed by atoms with van der Waals surface area (Å²) in [5.41, 5.74) is 9.34. The van der Waals surface area contributed by atoms with Gasteiger partial charge in [0, 0.05) is 51.5 Å². The van der Waals surface area contributed by atoms with Crippen LogP contribution >= 0.6 is 11.6 Å². The molecule has 0 saturated heterocycles. The molecule has 5 rings (SSSR count). The smallest absolute Gasteiger partial charge is 0.162 e. The Morgan fingerprint density at radius 2 is 1.77 bits per heavy atom. The second kappa shape index (κ2) is 10.0. The molecule has 0 amide bonds. The van der Waals surface area contributed by atoms with E-state index in [9.17, 15) is 4.79 Å². The Kier molecular flexibility index (Phi) is 6.47. The lowest BCUT2D eigenvalue weighted by molar-refractivity contribution is 0.0979. The minimum atomic E-state index is 0.131. The molecule has 0 radical (unpaired) electrons. The van der Waals surface area contributed by atoms with E-state index in [2.05, 4.69) is 34.1 Å². The molecule has 2 aromatic heterocycles. The standard InChI is InChI=1S/C29H23ClN4O/c30-24-14-13-22-18-32-29(31)25(26(22)17-24)15-10-20-8-11-21(12-9-20)28(35)7-3-4-16-34-27-6-2-1-5-23(27)19-33-34/h1-2,5-6,8-9,11-14,17-19H,3-4,7,16H2,(H2,31,32). The van der Waals surface area contributed by atoms with Gasteiger partial charge in [0.05, 0.1) is 17.3 Å². The molecule has 0 aliphatic heterocycles. The van der Waals surface area contributed by atoms with Gasteiger partial charge in [-0.15, -0.1) is 0 Å². The molecule has 6 heteroatoms. The molecule has 172 valence electrons. The number of nitrogen functional groups attached to an aromatic ring is 1. The van der Waals surface area contributed by atoms with E-state index in [4.69, 9.17) is 17.3 Å². The highest BCUT2D eigenvalue weighted by Gasteiger charge is 2.08. The van der Waals surface area contributed by atoms with Crippen LogP contribution in [0.1, 0.15) is 40.7 Å². The Morgan fingerprint density at radius 3 is 2.63 bits per heavy atom. The third-order valence-corrected chi connectivity index (χ3v) is 6.23. The van der Waals surface area contributed by atoms with Crippen molar-refractivity contribution in [3.05, 3.63) is 101 Å². The van der Waals surface area contributed by atoms with Gasteiger partial charge in [-0.3, -0.25) is 9.48 Å². The maximum atomic E-state index is 12.6. The Morgan fingerprint density at radius 1 is 0.943 bits per heavy atom. The number of carbonyl (C=O) groups is 1. The zero-order chi connectivity index (χ0) is 24.2. The summed E-state index contributed by atoms with van der Waals surface area (Å²) in [4.78, 5) is 16.9. The summed E-state index contributed by atoms with van der Waals surface area (Å²) in [5.74, 6) is 6.75. The summed E-state index contributed by atoms with van der Waals surface area (Å²) in [6.45, 7) is 0.798. The maximum Gasteiger partial charge on any atom is 0.162 e. The van der Waals surface area contributed by atoms with Crippen molar-refractivity contribution in [2.75, 3.05) is 5.73 Å². The molecule has 0 bridgehead atoms. The van der Waals surface area contributed by atoms with Gasteiger partial charge >= 0.3 is 0 Å². The van der Waals surface area contributed by atoms with Crippen molar-refractivity contribution in [3.8, 4) is 11.8 Å². The van der Waals surface area contributed by atoms with E-state index in [0.29, 0.717) is 28.4 Å². The Bertz CT molecular complexity index is 1590. The average Bonchev–Trinajstić information content (AvgIpc) is 3.29. The highest BCUT2D eigenvalue weighted by molar-refractivity contribution is 6.31. The number of unbranched alkanes of at least 4 members (excludes halogenated alkanes) is 1. The van der Waals surface area contributed by atoms with Crippen molar-refractivity contribution < 1.29 is 4.79 Å². The predicted molar refractivity (Wildman–Crippen MR) is 142 cm³/mol. The number of para-hydroxylation sites is 1. The highest BCUT2D eigenvalue weighted by atomic mass is 35.5. The molecule has 0 spiro atoms. The molecule has 2 heterocycles. The number of ketones is 1. The SMILES string of the molecule is Nc1ncc2ccc(Cl)cc2c1C#Cc1ccc(C(=O)CCCCn2ncc3ccccc32)cc1. The number of hydrogen-bond donors (Lipinski definition) is 1. The van der Waals surface area contributed by atoms with E-state index < -0.39 is 0 Å².